The highest BCUT2D eigenvalue weighted by molar-refractivity contribution is 5.99. The molecule has 1 saturated carbocycles. The molecule has 0 radical (unpaired) electrons. The molecule has 2 amide bonds. The van der Waals surface area contributed by atoms with E-state index in [9.17, 15) is 4.79 Å². The molecule has 0 spiro atoms. The minimum atomic E-state index is -0.0926. The number of nitrogens with one attached hydrogen (secondary N) is 1. The second-order valence-corrected chi connectivity index (χ2v) is 6.56. The van der Waals surface area contributed by atoms with E-state index in [1.54, 1.807) is 12.0 Å². The van der Waals surface area contributed by atoms with Crippen molar-refractivity contribution in [3.8, 4) is 5.75 Å². The maximum absolute atomic E-state index is 13.0. The first-order valence-corrected chi connectivity index (χ1v) is 9.05. The summed E-state index contributed by atoms with van der Waals surface area (Å²) in [5, 5.41) is 3.13. The van der Waals surface area contributed by atoms with Crippen LogP contribution in [0.5, 0.6) is 5.75 Å². The van der Waals surface area contributed by atoms with E-state index < -0.39 is 0 Å². The summed E-state index contributed by atoms with van der Waals surface area (Å²) < 4.78 is 5.32. The first-order chi connectivity index (χ1) is 12.3. The van der Waals surface area contributed by atoms with E-state index in [0.29, 0.717) is 5.92 Å². The fraction of sp³-hybridized carbons (Fsp3) is 0.381. The van der Waals surface area contributed by atoms with Crippen molar-refractivity contribution in [1.29, 1.82) is 0 Å². The van der Waals surface area contributed by atoms with Gasteiger partial charge in [0.1, 0.15) is 5.75 Å². The zero-order chi connectivity index (χ0) is 17.5. The van der Waals surface area contributed by atoms with Gasteiger partial charge in [0, 0.05) is 12.6 Å². The molecule has 0 bridgehead atoms. The van der Waals surface area contributed by atoms with Crippen molar-refractivity contribution in [2.75, 3.05) is 18.6 Å². The SMILES string of the molecule is COc1cccc(N(C(=O)NCC2CCCCC2)c2ccccc2)c1. The third kappa shape index (κ3) is 4.53. The molecule has 0 aliphatic heterocycles. The number of ether oxygens (including phenoxy) is 1. The van der Waals surface area contributed by atoms with Gasteiger partial charge in [0.15, 0.2) is 0 Å². The third-order valence-corrected chi connectivity index (χ3v) is 4.80. The largest absolute Gasteiger partial charge is 0.497 e. The number of carbonyl (C=O) groups is 1. The molecule has 1 fully saturated rings. The number of carbonyl (C=O) groups excluding carboxylic acids is 1. The molecular formula is C21H26N2O2. The van der Waals surface area contributed by atoms with Gasteiger partial charge < -0.3 is 10.1 Å². The molecule has 0 heterocycles. The Bertz CT molecular complexity index is 681. The zero-order valence-electron chi connectivity index (χ0n) is 14.8. The molecule has 0 aromatic heterocycles. The van der Waals surface area contributed by atoms with E-state index >= 15 is 0 Å². The number of nitrogens with zero attached hydrogens (tertiary/aromatic N) is 1. The Hall–Kier alpha value is -2.49. The molecule has 132 valence electrons. The molecule has 0 atom stereocenters. The second kappa shape index (κ2) is 8.56. The van der Waals surface area contributed by atoms with Gasteiger partial charge in [0.05, 0.1) is 18.5 Å². The first-order valence-electron chi connectivity index (χ1n) is 9.05. The number of urea groups is 1. The number of hydrogen-bond donors (Lipinski definition) is 1. The Balaban J connectivity index is 1.79. The number of para-hydroxylation sites is 1. The van der Waals surface area contributed by atoms with Crippen LogP contribution in [0.2, 0.25) is 0 Å². The van der Waals surface area contributed by atoms with Gasteiger partial charge in [-0.3, -0.25) is 4.90 Å². The van der Waals surface area contributed by atoms with Crippen molar-refractivity contribution in [3.05, 3.63) is 54.6 Å². The van der Waals surface area contributed by atoms with Crippen LogP contribution in [0.1, 0.15) is 32.1 Å². The number of rotatable bonds is 5. The van der Waals surface area contributed by atoms with Crippen molar-refractivity contribution < 1.29 is 9.53 Å². The molecule has 3 rings (SSSR count). The number of hydrogen-bond acceptors (Lipinski definition) is 2. The first kappa shape index (κ1) is 17.3. The van der Waals surface area contributed by atoms with Crippen LogP contribution in [0.3, 0.4) is 0 Å². The molecule has 1 aliphatic carbocycles. The molecule has 4 heteroatoms. The summed E-state index contributed by atoms with van der Waals surface area (Å²) in [4.78, 5) is 14.7. The predicted molar refractivity (Wildman–Crippen MR) is 102 cm³/mol. The van der Waals surface area contributed by atoms with Crippen LogP contribution in [0.4, 0.5) is 16.2 Å². The Morgan fingerprint density at radius 2 is 1.76 bits per heavy atom. The highest BCUT2D eigenvalue weighted by Gasteiger charge is 2.20. The van der Waals surface area contributed by atoms with Gasteiger partial charge in [0.25, 0.3) is 0 Å². The van der Waals surface area contributed by atoms with Crippen LogP contribution in [0, 0.1) is 5.92 Å². The average molecular weight is 338 g/mol. The highest BCUT2D eigenvalue weighted by Crippen LogP contribution is 2.29. The number of benzene rings is 2. The molecule has 4 nitrogen and oxygen atoms in total. The minimum absolute atomic E-state index is 0.0926. The lowest BCUT2D eigenvalue weighted by Gasteiger charge is -2.26. The van der Waals surface area contributed by atoms with Gasteiger partial charge >= 0.3 is 6.03 Å². The standard InChI is InChI=1S/C21H26N2O2/c1-25-20-14-8-13-19(15-20)23(18-11-6-3-7-12-18)21(24)22-16-17-9-4-2-5-10-17/h3,6-8,11-15,17H,2,4-5,9-10,16H2,1H3,(H,22,24). The summed E-state index contributed by atoms with van der Waals surface area (Å²) in [6.45, 7) is 0.742. The minimum Gasteiger partial charge on any atom is -0.497 e. The van der Waals surface area contributed by atoms with Gasteiger partial charge in [-0.15, -0.1) is 0 Å². The van der Waals surface area contributed by atoms with Gasteiger partial charge in [-0.25, -0.2) is 4.79 Å². The molecule has 2 aromatic rings. The van der Waals surface area contributed by atoms with Crippen molar-refractivity contribution in [1.82, 2.24) is 5.32 Å². The Morgan fingerprint density at radius 1 is 1.04 bits per heavy atom. The summed E-state index contributed by atoms with van der Waals surface area (Å²) >= 11 is 0. The van der Waals surface area contributed by atoms with Crippen LogP contribution >= 0.6 is 0 Å². The Kier molecular flexibility index (Phi) is 5.94. The third-order valence-electron chi connectivity index (χ3n) is 4.80. The molecule has 25 heavy (non-hydrogen) atoms. The molecule has 1 N–H and O–H groups in total. The monoisotopic (exact) mass is 338 g/mol. The Labute approximate surface area is 149 Å². The van der Waals surface area contributed by atoms with Crippen LogP contribution in [0.25, 0.3) is 0 Å². The topological polar surface area (TPSA) is 41.6 Å². The molecule has 2 aromatic carbocycles. The summed E-state index contributed by atoms with van der Waals surface area (Å²) in [7, 11) is 1.63. The maximum atomic E-state index is 13.0. The van der Waals surface area contributed by atoms with Crippen molar-refractivity contribution >= 4 is 17.4 Å². The van der Waals surface area contributed by atoms with Crippen molar-refractivity contribution in [2.24, 2.45) is 5.92 Å². The van der Waals surface area contributed by atoms with Gasteiger partial charge in [0.2, 0.25) is 0 Å². The second-order valence-electron chi connectivity index (χ2n) is 6.56. The van der Waals surface area contributed by atoms with E-state index in [1.807, 2.05) is 54.6 Å². The van der Waals surface area contributed by atoms with Crippen LogP contribution in [-0.2, 0) is 0 Å². The van der Waals surface area contributed by atoms with Crippen LogP contribution in [0.15, 0.2) is 54.6 Å². The van der Waals surface area contributed by atoms with E-state index in [4.69, 9.17) is 4.74 Å². The van der Waals surface area contributed by atoms with E-state index in [1.165, 1.54) is 32.1 Å². The number of anilines is 2. The predicted octanol–water partition coefficient (Wildman–Crippen LogP) is 5.12. The molecule has 0 unspecified atom stereocenters. The van der Waals surface area contributed by atoms with Crippen molar-refractivity contribution in [2.45, 2.75) is 32.1 Å². The summed E-state index contributed by atoms with van der Waals surface area (Å²) in [6, 6.07) is 17.2. The quantitative estimate of drug-likeness (QED) is 0.822. The lowest BCUT2D eigenvalue weighted by atomic mass is 9.89. The van der Waals surface area contributed by atoms with Gasteiger partial charge in [-0.1, -0.05) is 43.5 Å². The zero-order valence-corrected chi connectivity index (χ0v) is 14.8. The number of methoxy groups -OCH3 is 1. The van der Waals surface area contributed by atoms with E-state index in [0.717, 1.165) is 23.7 Å². The van der Waals surface area contributed by atoms with E-state index in [-0.39, 0.29) is 6.03 Å². The number of amides is 2. The normalized spacial score (nSPS) is 14.8. The summed E-state index contributed by atoms with van der Waals surface area (Å²) in [5.41, 5.74) is 1.64. The summed E-state index contributed by atoms with van der Waals surface area (Å²) in [5.74, 6) is 1.33. The fourth-order valence-corrected chi connectivity index (χ4v) is 3.41. The highest BCUT2D eigenvalue weighted by atomic mass is 16.5. The lowest BCUT2D eigenvalue weighted by Crippen LogP contribution is -2.39. The smallest absolute Gasteiger partial charge is 0.326 e. The molecular weight excluding hydrogens is 312 g/mol. The van der Waals surface area contributed by atoms with Crippen LogP contribution in [-0.4, -0.2) is 19.7 Å². The van der Waals surface area contributed by atoms with Crippen LogP contribution < -0.4 is 15.0 Å². The van der Waals surface area contributed by atoms with E-state index in [2.05, 4.69) is 5.32 Å². The van der Waals surface area contributed by atoms with Crippen molar-refractivity contribution in [3.63, 3.8) is 0 Å². The fourth-order valence-electron chi connectivity index (χ4n) is 3.41. The van der Waals surface area contributed by atoms with Gasteiger partial charge in [-0.05, 0) is 43.0 Å². The molecule has 0 saturated heterocycles. The lowest BCUT2D eigenvalue weighted by molar-refractivity contribution is 0.244. The summed E-state index contributed by atoms with van der Waals surface area (Å²) in [6.07, 6.45) is 6.30. The average Bonchev–Trinajstić information content (AvgIpc) is 2.68. The maximum Gasteiger partial charge on any atom is 0.326 e. The molecule has 1 aliphatic rings. The Morgan fingerprint density at radius 3 is 2.48 bits per heavy atom. The van der Waals surface area contributed by atoms with Gasteiger partial charge in [-0.2, -0.15) is 0 Å².